The van der Waals surface area contributed by atoms with Gasteiger partial charge in [-0.1, -0.05) is 127 Å². The molecule has 0 aromatic rings. The van der Waals surface area contributed by atoms with Crippen LogP contribution in [0.4, 0.5) is 0 Å². The molecule has 0 aromatic heterocycles. The minimum atomic E-state index is 0.131. The van der Waals surface area contributed by atoms with Crippen molar-refractivity contribution >= 4 is 66.0 Å². The molecular weight excluding hydrogens is 613 g/mol. The van der Waals surface area contributed by atoms with Gasteiger partial charge in [0, 0.05) is 19.2 Å². The Labute approximate surface area is 220 Å². The molecule has 0 spiro atoms. The van der Waals surface area contributed by atoms with Gasteiger partial charge >= 0.3 is 0 Å². The highest BCUT2D eigenvalue weighted by Gasteiger charge is 3.12. The van der Waals surface area contributed by atoms with Gasteiger partial charge in [0.15, 0.2) is 0 Å². The lowest BCUT2D eigenvalue weighted by Gasteiger charge is -2.90. The van der Waals surface area contributed by atoms with E-state index in [2.05, 4.69) is 119 Å². The third-order valence-corrected chi connectivity index (χ3v) is 63.5. The van der Waals surface area contributed by atoms with Gasteiger partial charge in [-0.15, -0.1) is 0 Å². The van der Waals surface area contributed by atoms with Crippen LogP contribution < -0.4 is 0 Å². The van der Waals surface area contributed by atoms with Crippen LogP contribution in [0, 0.1) is 27.6 Å². The highest BCUT2D eigenvalue weighted by atomic mass is 127. The molecule has 0 aliphatic carbocycles. The van der Waals surface area contributed by atoms with Gasteiger partial charge in [-0.25, -0.2) is 0 Å². The number of fused-ring (bicyclic) bond motifs is 2. The lowest BCUT2D eigenvalue weighted by molar-refractivity contribution is 0.323. The predicted octanol–water partition coefficient (Wildman–Crippen LogP) is 13.0. The summed E-state index contributed by atoms with van der Waals surface area (Å²) in [5.74, 6) is 0.929. The standard InChI is InChI=1S/C25H47IP6/c1-15-17(2)16-27-22(18(3,4)5)28-23(19(6,7)8)29-24(28,20(9,10)11)31(22)32(26)25(29,30(23)27)21(12,13)14/h17H,15-16H2,1-14H3/t17-,22?,23?,24?,25?,27?,28?,29?,30?,31?,32?/m0/s1. The molecule has 184 valence electrons. The van der Waals surface area contributed by atoms with Crippen molar-refractivity contribution in [1.29, 1.82) is 0 Å². The molecule has 32 heavy (non-hydrogen) atoms. The number of rotatable bonds is 3. The summed E-state index contributed by atoms with van der Waals surface area (Å²) in [4.78, 5) is 0. The van der Waals surface area contributed by atoms with Crippen molar-refractivity contribution in [3.63, 3.8) is 0 Å². The third kappa shape index (κ3) is 2.21. The molecule has 0 amide bonds. The van der Waals surface area contributed by atoms with Gasteiger partial charge in [0.1, 0.15) is 0 Å². The van der Waals surface area contributed by atoms with Gasteiger partial charge < -0.3 is 0 Å². The zero-order valence-electron chi connectivity index (χ0n) is 23.1. The van der Waals surface area contributed by atoms with E-state index in [1.54, 1.807) is 6.16 Å². The second kappa shape index (κ2) is 6.89. The van der Waals surface area contributed by atoms with Crippen molar-refractivity contribution in [2.45, 2.75) is 122 Å². The maximum absolute atomic E-state index is 3.19. The van der Waals surface area contributed by atoms with Crippen molar-refractivity contribution in [1.82, 2.24) is 0 Å². The molecule has 0 radical (unpaired) electrons. The molecule has 10 unspecified atom stereocenters. The summed E-state index contributed by atoms with van der Waals surface area (Å²) in [6, 6.07) is 0. The topological polar surface area (TPSA) is 0 Å². The maximum atomic E-state index is 3.19. The zero-order chi connectivity index (χ0) is 24.5. The molecule has 7 heteroatoms. The lowest BCUT2D eigenvalue weighted by atomic mass is 9.97. The van der Waals surface area contributed by atoms with E-state index in [1.165, 1.54) is 6.42 Å². The average molecular weight is 660 g/mol. The summed E-state index contributed by atoms with van der Waals surface area (Å²) in [6.07, 6.45) is 3.01. The minimum absolute atomic E-state index is 0.131. The summed E-state index contributed by atoms with van der Waals surface area (Å²) in [7, 11) is 0.735. The molecule has 11 atom stereocenters. The number of halogens is 1. The van der Waals surface area contributed by atoms with Crippen LogP contribution in [0.2, 0.25) is 0 Å². The van der Waals surface area contributed by atoms with Crippen molar-refractivity contribution < 1.29 is 0 Å². The largest absolute Gasteiger partial charge is 0.0651 e. The van der Waals surface area contributed by atoms with Crippen LogP contribution in [0.15, 0.2) is 0 Å². The first-order valence-electron chi connectivity index (χ1n) is 12.7. The molecule has 5 rings (SSSR count). The highest BCUT2D eigenvalue weighted by molar-refractivity contribution is 14.2. The molecule has 0 N–H and O–H groups in total. The molecule has 5 fully saturated rings. The fraction of sp³-hybridized carbons (Fsp3) is 1.00. The first kappa shape index (κ1) is 26.9. The van der Waals surface area contributed by atoms with Gasteiger partial charge in [-0.3, -0.25) is 0 Å². The maximum Gasteiger partial charge on any atom is 0.0555 e. The van der Waals surface area contributed by atoms with Crippen LogP contribution in [0.5, 0.6) is 0 Å². The second-order valence-electron chi connectivity index (χ2n) is 15.2. The van der Waals surface area contributed by atoms with Crippen molar-refractivity contribution in [2.24, 2.45) is 27.6 Å². The molecule has 5 saturated heterocycles. The molecule has 0 nitrogen and oxygen atoms in total. The fourth-order valence-electron chi connectivity index (χ4n) is 8.20. The normalized spacial score (nSPS) is 54.1. The first-order valence-corrected chi connectivity index (χ1v) is 25.1. The molecule has 5 aliphatic rings. The quantitative estimate of drug-likeness (QED) is 0.209. The van der Waals surface area contributed by atoms with Crippen LogP contribution in [-0.4, -0.2) is 24.7 Å². The van der Waals surface area contributed by atoms with E-state index in [1.807, 2.05) is 0 Å². The first-order chi connectivity index (χ1) is 14.2. The van der Waals surface area contributed by atoms with Gasteiger partial charge in [-0.05, 0) is 71.0 Å². The summed E-state index contributed by atoms with van der Waals surface area (Å²) in [6.45, 7) is 37.7. The van der Waals surface area contributed by atoms with Gasteiger partial charge in [0.05, 0.1) is 4.64 Å². The molecule has 0 bridgehead atoms. The van der Waals surface area contributed by atoms with E-state index >= 15 is 0 Å². The van der Waals surface area contributed by atoms with Gasteiger partial charge in [0.2, 0.25) is 0 Å². The minimum Gasteiger partial charge on any atom is -0.0651 e. The summed E-state index contributed by atoms with van der Waals surface area (Å²) in [5.41, 5.74) is 2.04. The second-order valence-corrected chi connectivity index (χ2v) is 42.0. The molecule has 5 aliphatic heterocycles. The van der Waals surface area contributed by atoms with E-state index < -0.39 is 0 Å². The van der Waals surface area contributed by atoms with Crippen molar-refractivity contribution in [3.8, 4) is 0 Å². The van der Waals surface area contributed by atoms with Crippen LogP contribution in [0.25, 0.3) is 0 Å². The lowest BCUT2D eigenvalue weighted by Crippen LogP contribution is -2.72. The van der Waals surface area contributed by atoms with Crippen molar-refractivity contribution in [2.75, 3.05) is 6.16 Å². The van der Waals surface area contributed by atoms with Crippen LogP contribution in [0.3, 0.4) is 0 Å². The van der Waals surface area contributed by atoms with Crippen LogP contribution in [0.1, 0.15) is 103 Å². The number of hydrogen-bond donors (Lipinski definition) is 0. The Hall–Kier alpha value is 3.31. The Morgan fingerprint density at radius 3 is 1.38 bits per heavy atom. The SMILES string of the molecule is CC[C@H](C)CP1P2C3(C(C)(C)C)P(I)P4C1(C(C)(C)C)P1C2(C(C)(C)C)P3C41C(C)(C)C. The van der Waals surface area contributed by atoms with E-state index in [-0.39, 0.29) is 43.9 Å². The monoisotopic (exact) mass is 660 g/mol. The van der Waals surface area contributed by atoms with E-state index in [0.29, 0.717) is 21.7 Å². The Balaban J connectivity index is 1.88. The Bertz CT molecular complexity index is 864. The van der Waals surface area contributed by atoms with Gasteiger partial charge in [0.25, 0.3) is 0 Å². The summed E-state index contributed by atoms with van der Waals surface area (Å²) < 4.78 is 3.18. The average Bonchev–Trinajstić information content (AvgIpc) is 2.75. The van der Waals surface area contributed by atoms with Crippen LogP contribution >= 0.6 is 66.0 Å². The molecule has 5 heterocycles. The Morgan fingerprint density at radius 1 is 0.625 bits per heavy atom. The third-order valence-electron chi connectivity index (χ3n) is 9.29. The van der Waals surface area contributed by atoms with E-state index in [4.69, 9.17) is 0 Å². The number of hydrogen-bond acceptors (Lipinski definition) is 0. The fourth-order valence-corrected chi connectivity index (χ4v) is 104. The Kier molecular flexibility index (Phi) is 5.80. The molecule has 0 saturated carbocycles. The molecule has 0 aromatic carbocycles. The van der Waals surface area contributed by atoms with E-state index in [0.717, 1.165) is 24.5 Å². The van der Waals surface area contributed by atoms with E-state index in [9.17, 15) is 0 Å². The highest BCUT2D eigenvalue weighted by Crippen LogP contribution is 3.50. The van der Waals surface area contributed by atoms with Crippen LogP contribution in [-0.2, 0) is 0 Å². The van der Waals surface area contributed by atoms with Gasteiger partial charge in [-0.2, -0.15) is 0 Å². The smallest absolute Gasteiger partial charge is 0.0555 e. The summed E-state index contributed by atoms with van der Waals surface area (Å²) in [5, 5.41) is 0.131. The summed E-state index contributed by atoms with van der Waals surface area (Å²) >= 11 is 3.19. The van der Waals surface area contributed by atoms with Crippen molar-refractivity contribution in [3.05, 3.63) is 0 Å². The molecular formula is C25H47IP6. The Morgan fingerprint density at radius 2 is 1.00 bits per heavy atom. The predicted molar refractivity (Wildman–Crippen MR) is 169 cm³/mol. The zero-order valence-corrected chi connectivity index (χ0v) is 30.6.